The summed E-state index contributed by atoms with van der Waals surface area (Å²) in [6, 6.07) is 3.96. The Morgan fingerprint density at radius 1 is 1.53 bits per heavy atom. The number of aromatic carboxylic acids is 1. The van der Waals surface area contributed by atoms with E-state index in [9.17, 15) is 9.18 Å². The lowest BCUT2D eigenvalue weighted by Gasteiger charge is -2.41. The number of hydrogen-bond donors (Lipinski definition) is 1. The first-order chi connectivity index (χ1) is 8.11. The molecule has 0 aromatic heterocycles. The van der Waals surface area contributed by atoms with Crippen molar-refractivity contribution in [1.29, 1.82) is 0 Å². The van der Waals surface area contributed by atoms with Crippen LogP contribution in [0.1, 0.15) is 30.1 Å². The molecule has 0 aliphatic carbocycles. The van der Waals surface area contributed by atoms with Crippen LogP contribution in [-0.2, 0) is 0 Å². The molecule has 0 amide bonds. The van der Waals surface area contributed by atoms with Crippen LogP contribution < -0.4 is 4.90 Å². The second-order valence-corrected chi connectivity index (χ2v) is 4.53. The van der Waals surface area contributed by atoms with Crippen molar-refractivity contribution in [3.63, 3.8) is 0 Å². The van der Waals surface area contributed by atoms with E-state index in [-0.39, 0.29) is 5.56 Å². The molecule has 17 heavy (non-hydrogen) atoms. The first-order valence-corrected chi connectivity index (χ1v) is 5.89. The van der Waals surface area contributed by atoms with Gasteiger partial charge in [0.1, 0.15) is 5.82 Å². The van der Waals surface area contributed by atoms with Crippen molar-refractivity contribution in [2.45, 2.75) is 19.8 Å². The van der Waals surface area contributed by atoms with Crippen LogP contribution in [0.5, 0.6) is 0 Å². The maximum absolute atomic E-state index is 13.0. The Morgan fingerprint density at radius 3 is 2.82 bits per heavy atom. The summed E-state index contributed by atoms with van der Waals surface area (Å²) in [5, 5.41) is 9.03. The van der Waals surface area contributed by atoms with Gasteiger partial charge in [-0.1, -0.05) is 13.3 Å². The Bertz CT molecular complexity index is 427. The Kier molecular flexibility index (Phi) is 3.31. The molecule has 1 N–H and O–H groups in total. The summed E-state index contributed by atoms with van der Waals surface area (Å²) < 4.78 is 13.0. The van der Waals surface area contributed by atoms with Gasteiger partial charge >= 0.3 is 5.97 Å². The topological polar surface area (TPSA) is 40.5 Å². The first-order valence-electron chi connectivity index (χ1n) is 5.89. The van der Waals surface area contributed by atoms with E-state index in [0.29, 0.717) is 11.6 Å². The maximum atomic E-state index is 13.0. The summed E-state index contributed by atoms with van der Waals surface area (Å²) in [7, 11) is 0. The highest BCUT2D eigenvalue weighted by atomic mass is 19.1. The zero-order valence-corrected chi connectivity index (χ0v) is 9.82. The lowest BCUT2D eigenvalue weighted by Crippen LogP contribution is -2.47. The van der Waals surface area contributed by atoms with Crippen molar-refractivity contribution < 1.29 is 14.3 Å². The number of carboxylic acids is 1. The predicted molar refractivity (Wildman–Crippen MR) is 64.0 cm³/mol. The number of carbonyl (C=O) groups is 1. The highest BCUT2D eigenvalue weighted by Gasteiger charge is 2.28. The molecule has 0 unspecified atom stereocenters. The van der Waals surface area contributed by atoms with Crippen molar-refractivity contribution >= 4 is 11.7 Å². The average Bonchev–Trinajstić information content (AvgIpc) is 2.23. The van der Waals surface area contributed by atoms with Crippen LogP contribution in [0.4, 0.5) is 10.1 Å². The number of hydrogen-bond acceptors (Lipinski definition) is 2. The Labute approximate surface area is 99.9 Å². The normalized spacial score (nSPS) is 15.8. The van der Waals surface area contributed by atoms with E-state index in [1.807, 2.05) is 4.90 Å². The Hall–Kier alpha value is -1.58. The van der Waals surface area contributed by atoms with Gasteiger partial charge in [0.15, 0.2) is 0 Å². The van der Waals surface area contributed by atoms with Gasteiger partial charge < -0.3 is 10.0 Å². The monoisotopic (exact) mass is 237 g/mol. The Balaban J connectivity index is 2.14. The van der Waals surface area contributed by atoms with Crippen molar-refractivity contribution in [2.24, 2.45) is 5.92 Å². The van der Waals surface area contributed by atoms with E-state index in [4.69, 9.17) is 5.11 Å². The van der Waals surface area contributed by atoms with Gasteiger partial charge in [-0.25, -0.2) is 9.18 Å². The number of rotatable bonds is 4. The summed E-state index contributed by atoms with van der Waals surface area (Å²) in [6.45, 7) is 3.89. The van der Waals surface area contributed by atoms with Crippen LogP contribution in [0.15, 0.2) is 18.2 Å². The quantitative estimate of drug-likeness (QED) is 0.875. The average molecular weight is 237 g/mol. The number of carboxylic acid groups (broad SMARTS) is 1. The lowest BCUT2D eigenvalue weighted by atomic mass is 9.93. The molecule has 4 heteroatoms. The van der Waals surface area contributed by atoms with Crippen molar-refractivity contribution in [3.05, 3.63) is 29.6 Å². The SMILES string of the molecule is CCCC1CN(c2ccc(F)cc2C(=O)O)C1. The summed E-state index contributed by atoms with van der Waals surface area (Å²) in [5.41, 5.74) is 0.686. The standard InChI is InChI=1S/C13H16FNO2/c1-2-3-9-7-15(8-9)12-5-4-10(14)6-11(12)13(16)17/h4-6,9H,2-3,7-8H2,1H3,(H,16,17). The van der Waals surface area contributed by atoms with Crippen molar-refractivity contribution in [1.82, 2.24) is 0 Å². The van der Waals surface area contributed by atoms with Gasteiger partial charge in [0.2, 0.25) is 0 Å². The smallest absolute Gasteiger partial charge is 0.337 e. The van der Waals surface area contributed by atoms with E-state index < -0.39 is 11.8 Å². The number of benzene rings is 1. The number of nitrogens with zero attached hydrogens (tertiary/aromatic N) is 1. The van der Waals surface area contributed by atoms with Crippen LogP contribution in [0.25, 0.3) is 0 Å². The molecule has 1 aromatic rings. The van der Waals surface area contributed by atoms with Crippen LogP contribution in [0.2, 0.25) is 0 Å². The van der Waals surface area contributed by atoms with E-state index in [1.165, 1.54) is 12.5 Å². The van der Waals surface area contributed by atoms with Gasteiger partial charge in [0.25, 0.3) is 0 Å². The van der Waals surface area contributed by atoms with E-state index in [1.54, 1.807) is 6.07 Å². The van der Waals surface area contributed by atoms with Gasteiger partial charge in [0.05, 0.1) is 11.3 Å². The summed E-state index contributed by atoms with van der Waals surface area (Å²) in [4.78, 5) is 13.0. The van der Waals surface area contributed by atoms with Crippen LogP contribution in [-0.4, -0.2) is 24.2 Å². The lowest BCUT2D eigenvalue weighted by molar-refractivity contribution is 0.0696. The predicted octanol–water partition coefficient (Wildman–Crippen LogP) is 2.76. The molecule has 0 bridgehead atoms. The maximum Gasteiger partial charge on any atom is 0.337 e. The van der Waals surface area contributed by atoms with Crippen LogP contribution in [0, 0.1) is 11.7 Å². The minimum Gasteiger partial charge on any atom is -0.478 e. The zero-order valence-electron chi connectivity index (χ0n) is 9.82. The molecule has 92 valence electrons. The zero-order chi connectivity index (χ0) is 12.4. The molecule has 3 nitrogen and oxygen atoms in total. The van der Waals surface area contributed by atoms with Crippen LogP contribution >= 0.6 is 0 Å². The fourth-order valence-corrected chi connectivity index (χ4v) is 2.31. The second-order valence-electron chi connectivity index (χ2n) is 4.53. The molecule has 1 aliphatic heterocycles. The summed E-state index contributed by atoms with van der Waals surface area (Å²) in [5.74, 6) is -0.929. The van der Waals surface area contributed by atoms with Gasteiger partial charge in [-0.3, -0.25) is 0 Å². The molecule has 0 atom stereocenters. The first kappa shape index (κ1) is 11.9. The van der Waals surface area contributed by atoms with E-state index in [0.717, 1.165) is 25.6 Å². The third-order valence-electron chi connectivity index (χ3n) is 3.18. The highest BCUT2D eigenvalue weighted by molar-refractivity contribution is 5.94. The second kappa shape index (κ2) is 4.73. The molecule has 1 aromatic carbocycles. The summed E-state index contributed by atoms with van der Waals surface area (Å²) >= 11 is 0. The third kappa shape index (κ3) is 2.40. The fourth-order valence-electron chi connectivity index (χ4n) is 2.31. The molecular formula is C13H16FNO2. The minimum atomic E-state index is -1.07. The molecule has 1 fully saturated rings. The van der Waals surface area contributed by atoms with E-state index >= 15 is 0 Å². The van der Waals surface area contributed by atoms with Crippen LogP contribution in [0.3, 0.4) is 0 Å². The van der Waals surface area contributed by atoms with Gasteiger partial charge in [-0.15, -0.1) is 0 Å². The summed E-state index contributed by atoms with van der Waals surface area (Å²) in [6.07, 6.45) is 2.31. The molecule has 1 heterocycles. The van der Waals surface area contributed by atoms with Gasteiger partial charge in [0, 0.05) is 13.1 Å². The number of anilines is 1. The molecule has 1 aliphatic rings. The number of halogens is 1. The molecule has 2 rings (SSSR count). The van der Waals surface area contributed by atoms with Gasteiger partial charge in [-0.2, -0.15) is 0 Å². The van der Waals surface area contributed by atoms with E-state index in [2.05, 4.69) is 6.92 Å². The van der Waals surface area contributed by atoms with Crippen molar-refractivity contribution in [3.8, 4) is 0 Å². The highest BCUT2D eigenvalue weighted by Crippen LogP contribution is 2.30. The molecule has 0 spiro atoms. The molecular weight excluding hydrogens is 221 g/mol. The fraction of sp³-hybridized carbons (Fsp3) is 0.462. The van der Waals surface area contributed by atoms with Crippen molar-refractivity contribution in [2.75, 3.05) is 18.0 Å². The molecule has 0 saturated carbocycles. The minimum absolute atomic E-state index is 0.0555. The molecule has 1 saturated heterocycles. The molecule has 0 radical (unpaired) electrons. The van der Waals surface area contributed by atoms with Gasteiger partial charge in [-0.05, 0) is 30.5 Å². The third-order valence-corrected chi connectivity index (χ3v) is 3.18. The largest absolute Gasteiger partial charge is 0.478 e. The Morgan fingerprint density at radius 2 is 2.24 bits per heavy atom.